The number of nitrogens with two attached hydrogens (primary N) is 1. The molecule has 0 aliphatic carbocycles. The number of anilines is 1. The third-order valence-electron chi connectivity index (χ3n) is 2.38. The van der Waals surface area contributed by atoms with Crippen LogP contribution in [0.15, 0.2) is 27.8 Å². The molecule has 1 aromatic heterocycles. The summed E-state index contributed by atoms with van der Waals surface area (Å²) in [7, 11) is 1.57. The van der Waals surface area contributed by atoms with E-state index in [0.717, 1.165) is 16.2 Å². The van der Waals surface area contributed by atoms with Gasteiger partial charge < -0.3 is 15.6 Å². The molecule has 0 unspecified atom stereocenters. The molecule has 1 heterocycles. The number of hydrogen-bond acceptors (Lipinski definition) is 6. The van der Waals surface area contributed by atoms with Crippen LogP contribution in [0.25, 0.3) is 5.69 Å². The number of carboxylic acids is 1. The van der Waals surface area contributed by atoms with Gasteiger partial charge in [0.1, 0.15) is 5.75 Å². The summed E-state index contributed by atoms with van der Waals surface area (Å²) in [6.45, 7) is 0. The van der Waals surface area contributed by atoms with Gasteiger partial charge in [0.2, 0.25) is 5.95 Å². The van der Waals surface area contributed by atoms with Gasteiger partial charge in [-0.3, -0.25) is 9.36 Å². The SMILES string of the molecule is COc1ccc(-n2c(N)nnc2SCC(=O)O)cc1Br. The third kappa shape index (κ3) is 3.05. The van der Waals surface area contributed by atoms with E-state index in [-0.39, 0.29) is 11.7 Å². The number of thioether (sulfide) groups is 1. The Balaban J connectivity index is 2.39. The lowest BCUT2D eigenvalue weighted by atomic mass is 10.3. The number of hydrogen-bond donors (Lipinski definition) is 2. The average molecular weight is 359 g/mol. The molecule has 0 bridgehead atoms. The van der Waals surface area contributed by atoms with Gasteiger partial charge in [-0.25, -0.2) is 0 Å². The predicted octanol–water partition coefficient (Wildman–Crippen LogP) is 1.80. The molecule has 0 fully saturated rings. The van der Waals surface area contributed by atoms with Crippen LogP contribution in [0.1, 0.15) is 0 Å². The number of methoxy groups -OCH3 is 1. The lowest BCUT2D eigenvalue weighted by molar-refractivity contribution is -0.133. The molecule has 2 aromatic rings. The van der Waals surface area contributed by atoms with Gasteiger partial charge in [-0.05, 0) is 34.1 Å². The van der Waals surface area contributed by atoms with Crippen LogP contribution in [0.5, 0.6) is 5.75 Å². The summed E-state index contributed by atoms with van der Waals surface area (Å²) in [6, 6.07) is 5.35. The van der Waals surface area contributed by atoms with Crippen molar-refractivity contribution in [3.8, 4) is 11.4 Å². The van der Waals surface area contributed by atoms with E-state index in [1.165, 1.54) is 0 Å². The molecule has 3 N–H and O–H groups in total. The quantitative estimate of drug-likeness (QED) is 0.785. The Kier molecular flexibility index (Phi) is 4.50. The first-order chi connectivity index (χ1) is 9.52. The van der Waals surface area contributed by atoms with E-state index in [4.69, 9.17) is 15.6 Å². The molecule has 0 aliphatic heterocycles. The summed E-state index contributed by atoms with van der Waals surface area (Å²) in [4.78, 5) is 10.6. The summed E-state index contributed by atoms with van der Waals surface area (Å²) in [5, 5.41) is 16.8. The number of ether oxygens (including phenoxy) is 1. The lowest BCUT2D eigenvalue weighted by Crippen LogP contribution is -2.04. The molecule has 106 valence electrons. The van der Waals surface area contributed by atoms with Crippen molar-refractivity contribution in [1.29, 1.82) is 0 Å². The zero-order valence-electron chi connectivity index (χ0n) is 10.4. The fourth-order valence-corrected chi connectivity index (χ4v) is 2.75. The van der Waals surface area contributed by atoms with Crippen molar-refractivity contribution in [1.82, 2.24) is 14.8 Å². The molecule has 0 aliphatic rings. The number of aromatic nitrogens is 3. The normalized spacial score (nSPS) is 10.5. The second-order valence-corrected chi connectivity index (χ2v) is 5.47. The van der Waals surface area contributed by atoms with Gasteiger partial charge in [-0.15, -0.1) is 10.2 Å². The van der Waals surface area contributed by atoms with Crippen LogP contribution in [0.4, 0.5) is 5.95 Å². The summed E-state index contributed by atoms with van der Waals surface area (Å²) >= 11 is 4.43. The number of nitrogen functional groups attached to an aromatic ring is 1. The van der Waals surface area contributed by atoms with Crippen LogP contribution >= 0.6 is 27.7 Å². The summed E-state index contributed by atoms with van der Waals surface area (Å²) in [5.41, 5.74) is 6.50. The Bertz CT molecular complexity index is 647. The number of benzene rings is 1. The van der Waals surface area contributed by atoms with E-state index < -0.39 is 5.97 Å². The molecule has 0 radical (unpaired) electrons. The van der Waals surface area contributed by atoms with E-state index in [2.05, 4.69) is 26.1 Å². The van der Waals surface area contributed by atoms with Gasteiger partial charge in [0.25, 0.3) is 0 Å². The first-order valence-corrected chi connectivity index (χ1v) is 7.20. The van der Waals surface area contributed by atoms with Crippen LogP contribution in [0, 0.1) is 0 Å². The Hall–Kier alpha value is -1.74. The molecule has 0 spiro atoms. The lowest BCUT2D eigenvalue weighted by Gasteiger charge is -2.09. The molecule has 0 saturated heterocycles. The van der Waals surface area contributed by atoms with Crippen LogP contribution in [0.2, 0.25) is 0 Å². The van der Waals surface area contributed by atoms with E-state index >= 15 is 0 Å². The Morgan fingerprint density at radius 1 is 1.55 bits per heavy atom. The molecule has 0 atom stereocenters. The van der Waals surface area contributed by atoms with Gasteiger partial charge in [0.15, 0.2) is 5.16 Å². The minimum absolute atomic E-state index is 0.116. The average Bonchev–Trinajstić information content (AvgIpc) is 2.77. The maximum absolute atomic E-state index is 10.6. The van der Waals surface area contributed by atoms with Crippen molar-refractivity contribution in [2.75, 3.05) is 18.6 Å². The largest absolute Gasteiger partial charge is 0.496 e. The highest BCUT2D eigenvalue weighted by molar-refractivity contribution is 9.10. The Morgan fingerprint density at radius 2 is 2.30 bits per heavy atom. The van der Waals surface area contributed by atoms with Crippen LogP contribution in [-0.4, -0.2) is 38.7 Å². The van der Waals surface area contributed by atoms with Crippen LogP contribution in [0.3, 0.4) is 0 Å². The standard InChI is InChI=1S/C11H11BrN4O3S/c1-19-8-3-2-6(4-7(8)12)16-10(13)14-15-11(16)20-5-9(17)18/h2-4H,5H2,1H3,(H2,13,14)(H,17,18). The fraction of sp³-hybridized carbons (Fsp3) is 0.182. The van der Waals surface area contributed by atoms with E-state index in [1.807, 2.05) is 0 Å². The Labute approximate surface area is 127 Å². The fourth-order valence-electron chi connectivity index (χ4n) is 1.54. The molecule has 1 aromatic carbocycles. The van der Waals surface area contributed by atoms with Crippen LogP contribution < -0.4 is 10.5 Å². The van der Waals surface area contributed by atoms with E-state index in [1.54, 1.807) is 29.9 Å². The third-order valence-corrected chi connectivity index (χ3v) is 3.91. The van der Waals surface area contributed by atoms with Gasteiger partial charge in [-0.1, -0.05) is 11.8 Å². The van der Waals surface area contributed by atoms with Gasteiger partial charge >= 0.3 is 5.97 Å². The first-order valence-electron chi connectivity index (χ1n) is 5.42. The van der Waals surface area contributed by atoms with Gasteiger partial charge in [-0.2, -0.15) is 0 Å². The number of carbonyl (C=O) groups is 1. The molecule has 0 saturated carbocycles. The topological polar surface area (TPSA) is 103 Å². The first kappa shape index (κ1) is 14.7. The second kappa shape index (κ2) is 6.14. The number of aliphatic carboxylic acids is 1. The van der Waals surface area contributed by atoms with Crippen molar-refractivity contribution in [2.24, 2.45) is 0 Å². The monoisotopic (exact) mass is 358 g/mol. The zero-order valence-corrected chi connectivity index (χ0v) is 12.8. The van der Waals surface area contributed by atoms with E-state index in [9.17, 15) is 4.79 Å². The van der Waals surface area contributed by atoms with E-state index in [0.29, 0.717) is 16.6 Å². The molecule has 0 amide bonds. The van der Waals surface area contributed by atoms with Gasteiger partial charge in [0, 0.05) is 0 Å². The van der Waals surface area contributed by atoms with Crippen molar-refractivity contribution >= 4 is 39.6 Å². The smallest absolute Gasteiger partial charge is 0.313 e. The molecule has 20 heavy (non-hydrogen) atoms. The minimum atomic E-state index is -0.931. The van der Waals surface area contributed by atoms with Crippen molar-refractivity contribution < 1.29 is 14.6 Å². The minimum Gasteiger partial charge on any atom is -0.496 e. The maximum atomic E-state index is 10.6. The van der Waals surface area contributed by atoms with Crippen molar-refractivity contribution in [3.05, 3.63) is 22.7 Å². The molecular weight excluding hydrogens is 348 g/mol. The summed E-state index contributed by atoms with van der Waals surface area (Å²) in [6.07, 6.45) is 0. The number of nitrogens with zero attached hydrogens (tertiary/aromatic N) is 3. The molecular formula is C11H11BrN4O3S. The molecule has 2 rings (SSSR count). The van der Waals surface area contributed by atoms with Crippen molar-refractivity contribution in [2.45, 2.75) is 5.16 Å². The number of halogens is 1. The highest BCUT2D eigenvalue weighted by Gasteiger charge is 2.14. The molecule has 7 nitrogen and oxygen atoms in total. The highest BCUT2D eigenvalue weighted by Crippen LogP contribution is 2.30. The molecule has 9 heteroatoms. The number of rotatable bonds is 5. The summed E-state index contributed by atoms with van der Waals surface area (Å²) in [5.74, 6) is -0.177. The zero-order chi connectivity index (χ0) is 14.7. The second-order valence-electron chi connectivity index (χ2n) is 3.68. The summed E-state index contributed by atoms with van der Waals surface area (Å²) < 4.78 is 7.49. The Morgan fingerprint density at radius 3 is 2.90 bits per heavy atom. The van der Waals surface area contributed by atoms with Crippen LogP contribution in [-0.2, 0) is 4.79 Å². The highest BCUT2D eigenvalue weighted by atomic mass is 79.9. The van der Waals surface area contributed by atoms with Crippen molar-refractivity contribution in [3.63, 3.8) is 0 Å². The van der Waals surface area contributed by atoms with Gasteiger partial charge in [0.05, 0.1) is 23.0 Å². The number of carboxylic acid groups (broad SMARTS) is 1. The maximum Gasteiger partial charge on any atom is 0.313 e. The predicted molar refractivity (Wildman–Crippen MR) is 78.4 cm³/mol.